The molecule has 0 radical (unpaired) electrons. The summed E-state index contributed by atoms with van der Waals surface area (Å²) >= 11 is 0. The molecule has 1 aromatic carbocycles. The second-order valence-corrected chi connectivity index (χ2v) is 10.5. The lowest BCUT2D eigenvalue weighted by molar-refractivity contribution is -0.153. The van der Waals surface area contributed by atoms with Crippen molar-refractivity contribution in [3.63, 3.8) is 0 Å². The van der Waals surface area contributed by atoms with E-state index in [1.807, 2.05) is 24.5 Å². The molecule has 1 amide bonds. The number of aromatic amines is 1. The van der Waals surface area contributed by atoms with E-state index in [1.165, 1.54) is 23.1 Å². The molecule has 3 aliphatic rings. The highest BCUT2D eigenvalue weighted by atomic mass is 19.1. The van der Waals surface area contributed by atoms with Crippen LogP contribution in [0, 0.1) is 17.2 Å². The first kappa shape index (κ1) is 21.8. The minimum Gasteiger partial charge on any atom is -0.381 e. The molecule has 6 heteroatoms. The van der Waals surface area contributed by atoms with Crippen LogP contribution in [0.1, 0.15) is 49.7 Å². The number of H-pyrrole nitrogens is 1. The van der Waals surface area contributed by atoms with Gasteiger partial charge >= 0.3 is 0 Å². The summed E-state index contributed by atoms with van der Waals surface area (Å²) in [4.78, 5) is 24.1. The predicted octanol–water partition coefficient (Wildman–Crippen LogP) is 5.05. The van der Waals surface area contributed by atoms with E-state index in [4.69, 9.17) is 4.74 Å². The van der Waals surface area contributed by atoms with E-state index in [-0.39, 0.29) is 5.82 Å². The lowest BCUT2D eigenvalue weighted by atomic mass is 9.73. The number of nitrogens with one attached hydrogen (secondary N) is 1. The fraction of sp³-hybridized carbons (Fsp3) is 0.500. The van der Waals surface area contributed by atoms with Gasteiger partial charge in [-0.3, -0.25) is 4.79 Å². The lowest BCUT2D eigenvalue weighted by Gasteiger charge is -2.46. The van der Waals surface area contributed by atoms with Crippen molar-refractivity contribution in [2.75, 3.05) is 13.2 Å². The highest BCUT2D eigenvalue weighted by Gasteiger charge is 2.50. The van der Waals surface area contributed by atoms with Crippen LogP contribution in [0.5, 0.6) is 0 Å². The highest BCUT2D eigenvalue weighted by Crippen LogP contribution is 2.45. The third kappa shape index (κ3) is 3.92. The van der Waals surface area contributed by atoms with Gasteiger partial charge in [0.15, 0.2) is 0 Å². The molecule has 6 rings (SSSR count). The number of carbonyl (C=O) groups is 1. The number of amides is 1. The molecule has 34 heavy (non-hydrogen) atoms. The Hall–Kier alpha value is -2.73. The Morgan fingerprint density at radius 2 is 1.82 bits per heavy atom. The maximum absolute atomic E-state index is 14.2. The normalized spacial score (nSPS) is 26.1. The molecule has 178 valence electrons. The summed E-state index contributed by atoms with van der Waals surface area (Å²) in [6.45, 7) is 1.24. The third-order valence-corrected chi connectivity index (χ3v) is 8.48. The molecule has 3 saturated heterocycles. The molecule has 2 aromatic heterocycles. The summed E-state index contributed by atoms with van der Waals surface area (Å²) in [7, 11) is 0. The van der Waals surface area contributed by atoms with E-state index in [0.717, 1.165) is 56.2 Å². The number of hydrogen-bond donors (Lipinski definition) is 1. The third-order valence-electron chi connectivity index (χ3n) is 8.48. The van der Waals surface area contributed by atoms with Gasteiger partial charge in [0.25, 0.3) is 0 Å². The van der Waals surface area contributed by atoms with Crippen LogP contribution in [0.25, 0.3) is 11.0 Å². The van der Waals surface area contributed by atoms with Gasteiger partial charge < -0.3 is 14.6 Å². The smallest absolute Gasteiger partial charge is 0.229 e. The number of rotatable bonds is 5. The molecule has 3 aliphatic heterocycles. The van der Waals surface area contributed by atoms with Crippen LogP contribution in [-0.2, 0) is 22.4 Å². The number of halogens is 1. The molecule has 0 saturated carbocycles. The first-order chi connectivity index (χ1) is 16.6. The molecule has 2 bridgehead atoms. The first-order valence-corrected chi connectivity index (χ1v) is 12.7. The van der Waals surface area contributed by atoms with Gasteiger partial charge in [-0.1, -0.05) is 12.1 Å². The summed E-state index contributed by atoms with van der Waals surface area (Å²) < 4.78 is 19.1. The van der Waals surface area contributed by atoms with E-state index in [9.17, 15) is 9.18 Å². The van der Waals surface area contributed by atoms with Crippen molar-refractivity contribution in [1.82, 2.24) is 14.9 Å². The van der Waals surface area contributed by atoms with Gasteiger partial charge in [-0.15, -0.1) is 0 Å². The summed E-state index contributed by atoms with van der Waals surface area (Å²) in [6.07, 6.45) is 11.4. The van der Waals surface area contributed by atoms with Crippen LogP contribution >= 0.6 is 0 Å². The maximum Gasteiger partial charge on any atom is 0.229 e. The number of benzene rings is 1. The van der Waals surface area contributed by atoms with Crippen LogP contribution in [-0.4, -0.2) is 46.1 Å². The van der Waals surface area contributed by atoms with Crippen molar-refractivity contribution in [3.05, 3.63) is 65.7 Å². The predicted molar refractivity (Wildman–Crippen MR) is 129 cm³/mol. The van der Waals surface area contributed by atoms with Crippen LogP contribution in [0.4, 0.5) is 4.39 Å². The zero-order valence-electron chi connectivity index (χ0n) is 19.5. The quantitative estimate of drug-likeness (QED) is 0.578. The van der Waals surface area contributed by atoms with Crippen LogP contribution in [0.3, 0.4) is 0 Å². The number of piperidine rings is 1. The number of ether oxygens (including phenoxy) is 1. The Morgan fingerprint density at radius 3 is 2.56 bits per heavy atom. The number of aromatic nitrogens is 2. The highest BCUT2D eigenvalue weighted by molar-refractivity contribution is 5.84. The van der Waals surface area contributed by atoms with Crippen molar-refractivity contribution >= 4 is 16.9 Å². The topological polar surface area (TPSA) is 58.2 Å². The second-order valence-electron chi connectivity index (χ2n) is 10.5. The Kier molecular flexibility index (Phi) is 5.64. The fourth-order valence-electron chi connectivity index (χ4n) is 6.79. The summed E-state index contributed by atoms with van der Waals surface area (Å²) in [5.41, 5.74) is 2.90. The molecule has 2 unspecified atom stereocenters. The monoisotopic (exact) mass is 461 g/mol. The molecule has 3 aromatic rings. The van der Waals surface area contributed by atoms with Crippen LogP contribution in [0.15, 0.2) is 48.8 Å². The van der Waals surface area contributed by atoms with E-state index < -0.39 is 5.41 Å². The number of pyridine rings is 1. The maximum atomic E-state index is 14.2. The van der Waals surface area contributed by atoms with Gasteiger partial charge in [0.1, 0.15) is 11.5 Å². The van der Waals surface area contributed by atoms with Crippen molar-refractivity contribution in [2.24, 2.45) is 11.3 Å². The fourth-order valence-corrected chi connectivity index (χ4v) is 6.79. The molecule has 5 nitrogen and oxygen atoms in total. The summed E-state index contributed by atoms with van der Waals surface area (Å²) in [5, 5.41) is 1.22. The molecule has 0 spiro atoms. The Labute approximate surface area is 199 Å². The van der Waals surface area contributed by atoms with Gasteiger partial charge in [-0.2, -0.15) is 0 Å². The molecular weight excluding hydrogens is 429 g/mol. The van der Waals surface area contributed by atoms with E-state index in [2.05, 4.69) is 27.0 Å². The molecular formula is C28H32FN3O2. The van der Waals surface area contributed by atoms with Gasteiger partial charge in [-0.05, 0) is 92.7 Å². The van der Waals surface area contributed by atoms with Crippen molar-refractivity contribution in [3.8, 4) is 0 Å². The molecule has 0 aliphatic carbocycles. The van der Waals surface area contributed by atoms with Crippen molar-refractivity contribution in [1.29, 1.82) is 0 Å². The zero-order chi connectivity index (χ0) is 23.1. The van der Waals surface area contributed by atoms with Gasteiger partial charge in [0.05, 0.1) is 5.41 Å². The Balaban J connectivity index is 1.21. The zero-order valence-corrected chi connectivity index (χ0v) is 19.5. The van der Waals surface area contributed by atoms with Crippen LogP contribution in [0.2, 0.25) is 0 Å². The van der Waals surface area contributed by atoms with Crippen molar-refractivity contribution < 1.29 is 13.9 Å². The molecule has 1 N–H and O–H groups in total. The molecule has 5 heterocycles. The van der Waals surface area contributed by atoms with Gasteiger partial charge in [-0.25, -0.2) is 9.37 Å². The SMILES string of the molecule is O=C(N1C2CCC1CC(Cc1ccnc3[nH]ccc13)C2)C1(Cc2ccc(F)cc2)CCOCC1. The average molecular weight is 462 g/mol. The molecule has 2 atom stereocenters. The minimum atomic E-state index is -0.438. The van der Waals surface area contributed by atoms with Crippen LogP contribution < -0.4 is 0 Å². The molecule has 3 fully saturated rings. The Morgan fingerprint density at radius 1 is 1.09 bits per heavy atom. The summed E-state index contributed by atoms with van der Waals surface area (Å²) in [6, 6.07) is 11.6. The summed E-state index contributed by atoms with van der Waals surface area (Å²) in [5.74, 6) is 0.662. The second kappa shape index (κ2) is 8.81. The van der Waals surface area contributed by atoms with E-state index in [1.54, 1.807) is 0 Å². The number of hydrogen-bond acceptors (Lipinski definition) is 3. The van der Waals surface area contributed by atoms with Gasteiger partial charge in [0, 0.05) is 43.1 Å². The standard InChI is InChI=1S/C28H32FN3O2/c29-22-3-1-19(2-4-22)18-28(9-13-34-14-10-28)27(33)32-23-5-6-24(32)17-20(16-23)15-21-7-11-30-26-25(21)8-12-31-26/h1-4,7-8,11-12,20,23-24H,5-6,9-10,13-18H2,(H,30,31). The van der Waals surface area contributed by atoms with E-state index in [0.29, 0.717) is 43.5 Å². The Bertz CT molecular complexity index is 1150. The minimum absolute atomic E-state index is 0.234. The number of fused-ring (bicyclic) bond motifs is 3. The van der Waals surface area contributed by atoms with E-state index >= 15 is 0 Å². The number of nitrogens with zero attached hydrogens (tertiary/aromatic N) is 2. The lowest BCUT2D eigenvalue weighted by Crippen LogP contribution is -2.55. The largest absolute Gasteiger partial charge is 0.381 e. The van der Waals surface area contributed by atoms with Crippen molar-refractivity contribution in [2.45, 2.75) is 63.5 Å². The first-order valence-electron chi connectivity index (χ1n) is 12.7. The number of carbonyl (C=O) groups excluding carboxylic acids is 1. The van der Waals surface area contributed by atoms with Gasteiger partial charge in [0.2, 0.25) is 5.91 Å². The average Bonchev–Trinajstić information content (AvgIpc) is 3.44.